The first-order chi connectivity index (χ1) is 11.4. The zero-order valence-electron chi connectivity index (χ0n) is 14.3. The number of piperidine rings is 1. The van der Waals surface area contributed by atoms with Gasteiger partial charge in [0.1, 0.15) is 16.9 Å². The number of esters is 2. The van der Waals surface area contributed by atoms with E-state index in [0.29, 0.717) is 13.0 Å². The van der Waals surface area contributed by atoms with Crippen LogP contribution in [-0.4, -0.2) is 50.3 Å². The molecule has 2 aliphatic heterocycles. The SMILES string of the molecule is COC(=O)C1=C2C[C@H](c3ccc(OC)cc3)N(C)C[C@@]2(C)OC1=O. The number of hydrogen-bond acceptors (Lipinski definition) is 6. The van der Waals surface area contributed by atoms with Gasteiger partial charge in [0.15, 0.2) is 0 Å². The van der Waals surface area contributed by atoms with Crippen LogP contribution >= 0.6 is 0 Å². The van der Waals surface area contributed by atoms with Gasteiger partial charge in [0.05, 0.1) is 14.2 Å². The molecular weight excluding hydrogens is 310 g/mol. The van der Waals surface area contributed by atoms with Gasteiger partial charge in [-0.25, -0.2) is 9.59 Å². The van der Waals surface area contributed by atoms with Crippen LogP contribution in [0.25, 0.3) is 0 Å². The van der Waals surface area contributed by atoms with E-state index >= 15 is 0 Å². The third-order valence-corrected chi connectivity index (χ3v) is 4.83. The van der Waals surface area contributed by atoms with Crippen molar-refractivity contribution in [2.75, 3.05) is 27.8 Å². The van der Waals surface area contributed by atoms with Gasteiger partial charge < -0.3 is 14.2 Å². The van der Waals surface area contributed by atoms with Crippen LogP contribution in [0.5, 0.6) is 5.75 Å². The first-order valence-electron chi connectivity index (χ1n) is 7.79. The molecule has 3 rings (SSSR count). The second-order valence-corrected chi connectivity index (χ2v) is 6.37. The summed E-state index contributed by atoms with van der Waals surface area (Å²) in [5.41, 5.74) is 1.08. The molecule has 1 saturated heterocycles. The summed E-state index contributed by atoms with van der Waals surface area (Å²) in [6.07, 6.45) is 0.537. The highest BCUT2D eigenvalue weighted by molar-refractivity contribution is 6.16. The molecule has 128 valence electrons. The fourth-order valence-corrected chi connectivity index (χ4v) is 3.59. The Morgan fingerprint density at radius 3 is 2.54 bits per heavy atom. The standard InChI is InChI=1S/C18H21NO5/c1-18-10-19(2)14(11-5-7-12(22-3)8-6-11)9-13(18)15(16(20)23-4)17(21)24-18/h5-8,14H,9-10H2,1-4H3/t14-,18-/m1/s1. The highest BCUT2D eigenvalue weighted by Gasteiger charge is 2.51. The van der Waals surface area contributed by atoms with E-state index in [1.807, 2.05) is 38.2 Å². The normalized spacial score (nSPS) is 26.8. The first kappa shape index (κ1) is 16.5. The van der Waals surface area contributed by atoms with Gasteiger partial charge >= 0.3 is 11.9 Å². The number of fused-ring (bicyclic) bond motifs is 1. The van der Waals surface area contributed by atoms with Crippen molar-refractivity contribution in [2.24, 2.45) is 0 Å². The molecule has 0 radical (unpaired) electrons. The molecule has 2 heterocycles. The lowest BCUT2D eigenvalue weighted by Gasteiger charge is -2.42. The third-order valence-electron chi connectivity index (χ3n) is 4.83. The van der Waals surface area contributed by atoms with Crippen molar-refractivity contribution in [2.45, 2.75) is 25.0 Å². The third kappa shape index (κ3) is 2.57. The molecule has 0 aromatic heterocycles. The molecule has 1 fully saturated rings. The Hall–Kier alpha value is -2.34. The van der Waals surface area contributed by atoms with Crippen molar-refractivity contribution >= 4 is 11.9 Å². The van der Waals surface area contributed by atoms with Crippen molar-refractivity contribution in [1.82, 2.24) is 4.90 Å². The minimum absolute atomic E-state index is 0.0478. The average Bonchev–Trinajstić information content (AvgIpc) is 2.82. The van der Waals surface area contributed by atoms with Gasteiger partial charge in [-0.2, -0.15) is 0 Å². The summed E-state index contributed by atoms with van der Waals surface area (Å²) < 4.78 is 15.5. The number of nitrogens with zero attached hydrogens (tertiary/aromatic N) is 1. The van der Waals surface area contributed by atoms with E-state index in [4.69, 9.17) is 14.2 Å². The molecule has 0 N–H and O–H groups in total. The quantitative estimate of drug-likeness (QED) is 0.622. The predicted molar refractivity (Wildman–Crippen MR) is 86.5 cm³/mol. The van der Waals surface area contributed by atoms with Gasteiger partial charge in [0.25, 0.3) is 0 Å². The average molecular weight is 331 g/mol. The summed E-state index contributed by atoms with van der Waals surface area (Å²) in [4.78, 5) is 26.3. The lowest BCUT2D eigenvalue weighted by molar-refractivity contribution is -0.150. The number of carbonyl (C=O) groups is 2. The Balaban J connectivity index is 1.99. The fraction of sp³-hybridized carbons (Fsp3) is 0.444. The molecule has 2 aliphatic rings. The van der Waals surface area contributed by atoms with Crippen molar-refractivity contribution in [3.05, 3.63) is 41.0 Å². The smallest absolute Gasteiger partial charge is 0.346 e. The lowest BCUT2D eigenvalue weighted by atomic mass is 9.81. The van der Waals surface area contributed by atoms with Gasteiger partial charge in [-0.05, 0) is 43.7 Å². The molecule has 0 saturated carbocycles. The van der Waals surface area contributed by atoms with Gasteiger partial charge in [-0.3, -0.25) is 4.90 Å². The van der Waals surface area contributed by atoms with E-state index in [9.17, 15) is 9.59 Å². The highest BCUT2D eigenvalue weighted by Crippen LogP contribution is 2.45. The zero-order valence-corrected chi connectivity index (χ0v) is 14.3. The molecule has 0 aliphatic carbocycles. The summed E-state index contributed by atoms with van der Waals surface area (Å²) >= 11 is 0. The Labute approximate surface area is 141 Å². The van der Waals surface area contributed by atoms with Crippen LogP contribution in [0, 0.1) is 0 Å². The van der Waals surface area contributed by atoms with E-state index < -0.39 is 17.5 Å². The Bertz CT molecular complexity index is 709. The Morgan fingerprint density at radius 2 is 1.96 bits per heavy atom. The van der Waals surface area contributed by atoms with E-state index in [1.165, 1.54) is 7.11 Å². The fourth-order valence-electron chi connectivity index (χ4n) is 3.59. The van der Waals surface area contributed by atoms with E-state index in [2.05, 4.69) is 4.90 Å². The van der Waals surface area contributed by atoms with Crippen molar-refractivity contribution in [3.63, 3.8) is 0 Å². The molecule has 24 heavy (non-hydrogen) atoms. The topological polar surface area (TPSA) is 65.1 Å². The molecular formula is C18H21NO5. The van der Waals surface area contributed by atoms with Crippen molar-refractivity contribution in [1.29, 1.82) is 0 Å². The van der Waals surface area contributed by atoms with Gasteiger partial charge in [0.2, 0.25) is 0 Å². The molecule has 1 aromatic rings. The van der Waals surface area contributed by atoms with Crippen LogP contribution in [-0.2, 0) is 19.1 Å². The number of carbonyl (C=O) groups excluding carboxylic acids is 2. The number of ether oxygens (including phenoxy) is 3. The molecule has 2 atom stereocenters. The molecule has 0 unspecified atom stereocenters. The van der Waals surface area contributed by atoms with Gasteiger partial charge in [-0.15, -0.1) is 0 Å². The van der Waals surface area contributed by atoms with Gasteiger partial charge in [0, 0.05) is 12.6 Å². The first-order valence-corrected chi connectivity index (χ1v) is 7.79. The summed E-state index contributed by atoms with van der Waals surface area (Å²) in [5.74, 6) is -0.434. The number of hydrogen-bond donors (Lipinski definition) is 0. The Morgan fingerprint density at radius 1 is 1.29 bits per heavy atom. The van der Waals surface area contributed by atoms with Crippen LogP contribution in [0.3, 0.4) is 0 Å². The lowest BCUT2D eigenvalue weighted by Crippen LogP contribution is -2.47. The highest BCUT2D eigenvalue weighted by atomic mass is 16.6. The van der Waals surface area contributed by atoms with Crippen LogP contribution in [0.15, 0.2) is 35.4 Å². The van der Waals surface area contributed by atoms with E-state index in [-0.39, 0.29) is 11.6 Å². The minimum Gasteiger partial charge on any atom is -0.497 e. The van der Waals surface area contributed by atoms with E-state index in [0.717, 1.165) is 16.9 Å². The Kier molecular flexibility index (Phi) is 4.09. The minimum atomic E-state index is -0.779. The molecule has 0 spiro atoms. The summed E-state index contributed by atoms with van der Waals surface area (Å²) in [5, 5.41) is 0. The number of likely N-dealkylation sites (tertiary alicyclic amines) is 1. The molecule has 6 nitrogen and oxygen atoms in total. The van der Waals surface area contributed by atoms with Crippen LogP contribution < -0.4 is 4.74 Å². The van der Waals surface area contributed by atoms with Crippen molar-refractivity contribution in [3.8, 4) is 5.75 Å². The summed E-state index contributed by atoms with van der Waals surface area (Å²) in [7, 11) is 4.89. The van der Waals surface area contributed by atoms with Crippen LogP contribution in [0.2, 0.25) is 0 Å². The summed E-state index contributed by atoms with van der Waals surface area (Å²) in [6.45, 7) is 2.36. The maximum absolute atomic E-state index is 12.2. The van der Waals surface area contributed by atoms with Gasteiger partial charge in [-0.1, -0.05) is 12.1 Å². The predicted octanol–water partition coefficient (Wildman–Crippen LogP) is 1.86. The molecule has 1 aromatic carbocycles. The second-order valence-electron chi connectivity index (χ2n) is 6.37. The zero-order chi connectivity index (χ0) is 17.5. The number of rotatable bonds is 3. The molecule has 0 bridgehead atoms. The second kappa shape index (κ2) is 5.94. The number of methoxy groups -OCH3 is 2. The maximum Gasteiger partial charge on any atom is 0.346 e. The van der Waals surface area contributed by atoms with E-state index in [1.54, 1.807) is 7.11 Å². The number of likely N-dealkylation sites (N-methyl/N-ethyl adjacent to an activating group) is 1. The summed E-state index contributed by atoms with van der Waals surface area (Å²) in [6, 6.07) is 7.86. The number of benzene rings is 1. The van der Waals surface area contributed by atoms with Crippen LogP contribution in [0.4, 0.5) is 0 Å². The monoisotopic (exact) mass is 331 g/mol. The molecule has 0 amide bonds. The van der Waals surface area contributed by atoms with Crippen LogP contribution in [0.1, 0.15) is 24.9 Å². The molecule has 6 heteroatoms. The largest absolute Gasteiger partial charge is 0.497 e. The van der Waals surface area contributed by atoms with Crippen molar-refractivity contribution < 1.29 is 23.8 Å². The maximum atomic E-state index is 12.2.